The molecule has 28 heavy (non-hydrogen) atoms. The molecule has 11 heteroatoms. The van der Waals surface area contributed by atoms with E-state index in [0.717, 1.165) is 0 Å². The summed E-state index contributed by atoms with van der Waals surface area (Å²) in [5.41, 5.74) is 4.71. The molecule has 0 aromatic carbocycles. The molecule has 0 bridgehead atoms. The second kappa shape index (κ2) is 7.97. The van der Waals surface area contributed by atoms with Crippen LogP contribution in [0.1, 0.15) is 12.5 Å². The summed E-state index contributed by atoms with van der Waals surface area (Å²) in [7, 11) is 0. The van der Waals surface area contributed by atoms with Gasteiger partial charge < -0.3 is 15.4 Å². The van der Waals surface area contributed by atoms with Crippen molar-refractivity contribution in [1.82, 2.24) is 15.0 Å². The van der Waals surface area contributed by atoms with Crippen molar-refractivity contribution < 1.29 is 22.7 Å². The average Bonchev–Trinajstić information content (AvgIpc) is 2.66. The molecule has 3 heterocycles. The summed E-state index contributed by atoms with van der Waals surface area (Å²) >= 11 is 0. The van der Waals surface area contributed by atoms with Crippen LogP contribution in [0, 0.1) is 0 Å². The van der Waals surface area contributed by atoms with Crippen LogP contribution in [0.5, 0.6) is 5.88 Å². The van der Waals surface area contributed by atoms with Gasteiger partial charge in [-0.2, -0.15) is 18.2 Å². The third-order valence-electron chi connectivity index (χ3n) is 3.95. The molecule has 1 aliphatic rings. The first-order valence-electron chi connectivity index (χ1n) is 8.54. The molecule has 3 rings (SSSR count). The first kappa shape index (κ1) is 19.8. The van der Waals surface area contributed by atoms with E-state index in [1.807, 2.05) is 0 Å². The number of hydrogen-bond donors (Lipinski definition) is 1. The molecular weight excluding hydrogens is 377 g/mol. The molecule has 2 aromatic rings. The molecule has 1 amide bonds. The number of pyridine rings is 1. The van der Waals surface area contributed by atoms with E-state index in [0.29, 0.717) is 37.2 Å². The number of rotatable bonds is 5. The minimum Gasteiger partial charge on any atom is -0.476 e. The fourth-order valence-corrected chi connectivity index (χ4v) is 2.57. The van der Waals surface area contributed by atoms with Gasteiger partial charge in [0.05, 0.1) is 5.56 Å². The van der Waals surface area contributed by atoms with Crippen LogP contribution >= 0.6 is 0 Å². The van der Waals surface area contributed by atoms with Crippen molar-refractivity contribution in [2.45, 2.75) is 19.1 Å². The van der Waals surface area contributed by atoms with Crippen molar-refractivity contribution >= 4 is 17.7 Å². The summed E-state index contributed by atoms with van der Waals surface area (Å²) in [4.78, 5) is 27.3. The summed E-state index contributed by atoms with van der Waals surface area (Å²) in [5.74, 6) is 0.589. The van der Waals surface area contributed by atoms with Crippen molar-refractivity contribution in [2.24, 2.45) is 5.73 Å². The number of piperazine rings is 1. The zero-order chi connectivity index (χ0) is 20.3. The molecule has 150 valence electrons. The number of aromatic nitrogens is 3. The van der Waals surface area contributed by atoms with Crippen molar-refractivity contribution in [3.05, 3.63) is 36.2 Å². The van der Waals surface area contributed by atoms with Gasteiger partial charge in [0.2, 0.25) is 17.7 Å². The molecule has 1 fully saturated rings. The van der Waals surface area contributed by atoms with E-state index < -0.39 is 11.7 Å². The third-order valence-corrected chi connectivity index (χ3v) is 3.95. The van der Waals surface area contributed by atoms with Gasteiger partial charge >= 0.3 is 6.18 Å². The van der Waals surface area contributed by atoms with E-state index >= 15 is 0 Å². The van der Waals surface area contributed by atoms with E-state index in [-0.39, 0.29) is 31.0 Å². The van der Waals surface area contributed by atoms with Gasteiger partial charge in [-0.05, 0) is 13.0 Å². The van der Waals surface area contributed by atoms with Crippen LogP contribution in [0.3, 0.4) is 0 Å². The third kappa shape index (κ3) is 4.66. The molecule has 0 saturated carbocycles. The topological polar surface area (TPSA) is 97.5 Å². The standard InChI is InChI=1S/C17H19F3N6O2/c1-11(21)10-28-14-4-2-3-13(24-14)26-6-5-25(9-15(26)27)16-22-7-12(8-23-16)17(18,19)20/h2-4,7-8,11H,5-6,9-10,21H2,1H3/t11-/m0/s1. The molecule has 0 spiro atoms. The maximum atomic E-state index is 12.6. The second-order valence-corrected chi connectivity index (χ2v) is 6.36. The predicted molar refractivity (Wildman–Crippen MR) is 95.0 cm³/mol. The van der Waals surface area contributed by atoms with E-state index in [2.05, 4.69) is 15.0 Å². The largest absolute Gasteiger partial charge is 0.476 e. The number of ether oxygens (including phenoxy) is 1. The van der Waals surface area contributed by atoms with Gasteiger partial charge in [0, 0.05) is 37.6 Å². The molecule has 0 unspecified atom stereocenters. The lowest BCUT2D eigenvalue weighted by atomic mass is 10.3. The van der Waals surface area contributed by atoms with Gasteiger partial charge in [-0.1, -0.05) is 6.07 Å². The second-order valence-electron chi connectivity index (χ2n) is 6.36. The number of nitrogens with two attached hydrogens (primary N) is 1. The molecular formula is C17H19F3N6O2. The fourth-order valence-electron chi connectivity index (χ4n) is 2.57. The number of nitrogens with zero attached hydrogens (tertiary/aromatic N) is 5. The Morgan fingerprint density at radius 2 is 1.96 bits per heavy atom. The summed E-state index contributed by atoms with van der Waals surface area (Å²) < 4.78 is 43.3. The molecule has 1 atom stereocenters. The van der Waals surface area contributed by atoms with Gasteiger partial charge in [-0.25, -0.2) is 9.97 Å². The normalized spacial score (nSPS) is 16.2. The monoisotopic (exact) mass is 396 g/mol. The lowest BCUT2D eigenvalue weighted by molar-refractivity contribution is -0.138. The molecule has 2 N–H and O–H groups in total. The van der Waals surface area contributed by atoms with Gasteiger partial charge in [-0.15, -0.1) is 0 Å². The van der Waals surface area contributed by atoms with Crippen LogP contribution in [0.25, 0.3) is 0 Å². The highest BCUT2D eigenvalue weighted by atomic mass is 19.4. The highest BCUT2D eigenvalue weighted by Gasteiger charge is 2.32. The minimum atomic E-state index is -4.51. The summed E-state index contributed by atoms with van der Waals surface area (Å²) in [5, 5.41) is 0. The van der Waals surface area contributed by atoms with E-state index in [1.165, 1.54) is 9.80 Å². The van der Waals surface area contributed by atoms with Crippen molar-refractivity contribution in [3.63, 3.8) is 0 Å². The van der Waals surface area contributed by atoms with Crippen LogP contribution in [-0.4, -0.2) is 53.1 Å². The Labute approximate surface area is 159 Å². The maximum Gasteiger partial charge on any atom is 0.419 e. The van der Waals surface area contributed by atoms with Gasteiger partial charge in [0.25, 0.3) is 0 Å². The highest BCUT2D eigenvalue weighted by molar-refractivity contribution is 5.96. The predicted octanol–water partition coefficient (Wildman–Crippen LogP) is 1.47. The Hall–Kier alpha value is -2.95. The number of hydrogen-bond acceptors (Lipinski definition) is 7. The first-order chi connectivity index (χ1) is 13.2. The number of amides is 1. The molecule has 0 radical (unpaired) electrons. The Balaban J connectivity index is 1.67. The summed E-state index contributed by atoms with van der Waals surface area (Å²) in [6.07, 6.45) is -3.09. The van der Waals surface area contributed by atoms with Gasteiger partial charge in [0.15, 0.2) is 0 Å². The molecule has 2 aromatic heterocycles. The van der Waals surface area contributed by atoms with Crippen LogP contribution in [-0.2, 0) is 11.0 Å². The molecule has 1 saturated heterocycles. The van der Waals surface area contributed by atoms with E-state index in [4.69, 9.17) is 10.5 Å². The maximum absolute atomic E-state index is 12.6. The Bertz CT molecular complexity index is 828. The van der Waals surface area contributed by atoms with Crippen LogP contribution in [0.4, 0.5) is 24.9 Å². The molecule has 8 nitrogen and oxygen atoms in total. The number of anilines is 2. The Morgan fingerprint density at radius 3 is 2.57 bits per heavy atom. The quantitative estimate of drug-likeness (QED) is 0.817. The molecule has 1 aliphatic heterocycles. The number of halogens is 3. The zero-order valence-corrected chi connectivity index (χ0v) is 15.1. The molecule has 0 aliphatic carbocycles. The summed E-state index contributed by atoms with van der Waals surface area (Å²) in [6.45, 7) is 2.66. The zero-order valence-electron chi connectivity index (χ0n) is 15.1. The number of carbonyl (C=O) groups excluding carboxylic acids is 1. The van der Waals surface area contributed by atoms with Crippen LogP contribution < -0.4 is 20.3 Å². The number of carbonyl (C=O) groups is 1. The highest BCUT2D eigenvalue weighted by Crippen LogP contribution is 2.28. The average molecular weight is 396 g/mol. The SMILES string of the molecule is C[C@H](N)COc1cccc(N2CCN(c3ncc(C(F)(F)F)cn3)CC2=O)n1. The first-order valence-corrected chi connectivity index (χ1v) is 8.54. The summed E-state index contributed by atoms with van der Waals surface area (Å²) in [6, 6.07) is 4.92. The Morgan fingerprint density at radius 1 is 1.25 bits per heavy atom. The van der Waals surface area contributed by atoms with Crippen molar-refractivity contribution in [1.29, 1.82) is 0 Å². The van der Waals surface area contributed by atoms with Crippen molar-refractivity contribution in [3.8, 4) is 5.88 Å². The lowest BCUT2D eigenvalue weighted by Crippen LogP contribution is -2.51. The lowest BCUT2D eigenvalue weighted by Gasteiger charge is -2.33. The smallest absolute Gasteiger partial charge is 0.419 e. The number of alkyl halides is 3. The fraction of sp³-hybridized carbons (Fsp3) is 0.412. The van der Waals surface area contributed by atoms with Gasteiger partial charge in [-0.3, -0.25) is 9.69 Å². The van der Waals surface area contributed by atoms with Gasteiger partial charge in [0.1, 0.15) is 19.0 Å². The minimum absolute atomic E-state index is 0.0715. The van der Waals surface area contributed by atoms with Crippen LogP contribution in [0.15, 0.2) is 30.6 Å². The van der Waals surface area contributed by atoms with E-state index in [9.17, 15) is 18.0 Å². The van der Waals surface area contributed by atoms with Crippen LogP contribution in [0.2, 0.25) is 0 Å². The van der Waals surface area contributed by atoms with Crippen molar-refractivity contribution in [2.75, 3.05) is 36.0 Å². The Kier molecular flexibility index (Phi) is 5.63. The van der Waals surface area contributed by atoms with E-state index in [1.54, 1.807) is 25.1 Å².